The molecule has 1 N–H and O–H groups in total. The largest absolute Gasteiger partial charge is 0.459 e. The Labute approximate surface area is 117 Å². The number of esters is 1. The van der Waals surface area contributed by atoms with Crippen molar-refractivity contribution in [2.75, 3.05) is 13.2 Å². The molecule has 2 aliphatic rings. The first-order valence-electron chi connectivity index (χ1n) is 7.18. The highest BCUT2D eigenvalue weighted by atomic mass is 16.6. The van der Waals surface area contributed by atoms with Gasteiger partial charge in [0.2, 0.25) is 5.56 Å². The molecule has 0 amide bonds. The van der Waals surface area contributed by atoms with Crippen LogP contribution in [0.3, 0.4) is 0 Å². The van der Waals surface area contributed by atoms with Gasteiger partial charge in [0.15, 0.2) is 0 Å². The summed E-state index contributed by atoms with van der Waals surface area (Å²) in [7, 11) is 0. The number of aryl methyl sites for hydroxylation is 1. The summed E-state index contributed by atoms with van der Waals surface area (Å²) >= 11 is 0. The zero-order chi connectivity index (χ0) is 13.9. The molecule has 20 heavy (non-hydrogen) atoms. The molecule has 2 heterocycles. The second kappa shape index (κ2) is 5.79. The summed E-state index contributed by atoms with van der Waals surface area (Å²) in [6, 6.07) is 4.95. The number of hydrogen-bond donors (Lipinski definition) is 1. The highest BCUT2D eigenvalue weighted by Crippen LogP contribution is 2.41. The molecule has 0 unspecified atom stereocenters. The quantitative estimate of drug-likeness (QED) is 0.823. The fourth-order valence-electron chi connectivity index (χ4n) is 2.74. The monoisotopic (exact) mass is 277 g/mol. The number of hydrogen-bond acceptors (Lipinski definition) is 4. The lowest BCUT2D eigenvalue weighted by atomic mass is 10.0. The average molecular weight is 277 g/mol. The lowest BCUT2D eigenvalue weighted by Gasteiger charge is -2.17. The maximum atomic E-state index is 11.9. The standard InChI is InChI=1S/C15H19NO4/c17-14-3-1-2-11(16-14)6-7-15(18)20-13-9-19-8-12(13)10-4-5-10/h1-3,10,12-13H,4-9H2,(H,16,17)/t12-,13+/m0/s1. The molecular formula is C15H19NO4. The molecular weight excluding hydrogens is 258 g/mol. The van der Waals surface area contributed by atoms with E-state index in [0.29, 0.717) is 31.5 Å². The summed E-state index contributed by atoms with van der Waals surface area (Å²) < 4.78 is 10.9. The van der Waals surface area contributed by atoms with Crippen molar-refractivity contribution in [2.24, 2.45) is 11.8 Å². The van der Waals surface area contributed by atoms with E-state index in [0.717, 1.165) is 5.69 Å². The van der Waals surface area contributed by atoms with Gasteiger partial charge < -0.3 is 14.5 Å². The molecule has 3 rings (SSSR count). The van der Waals surface area contributed by atoms with Crippen LogP contribution in [-0.2, 0) is 20.7 Å². The van der Waals surface area contributed by atoms with Crippen molar-refractivity contribution in [2.45, 2.75) is 31.8 Å². The topological polar surface area (TPSA) is 68.4 Å². The Kier molecular flexibility index (Phi) is 3.87. The highest BCUT2D eigenvalue weighted by Gasteiger charge is 2.42. The molecule has 0 radical (unpaired) electrons. The Bertz CT molecular complexity index is 535. The van der Waals surface area contributed by atoms with E-state index in [2.05, 4.69) is 4.98 Å². The van der Waals surface area contributed by atoms with Gasteiger partial charge in [-0.15, -0.1) is 0 Å². The highest BCUT2D eigenvalue weighted by molar-refractivity contribution is 5.69. The van der Waals surface area contributed by atoms with E-state index in [1.807, 2.05) is 0 Å². The minimum atomic E-state index is -0.212. The van der Waals surface area contributed by atoms with Crippen LogP contribution >= 0.6 is 0 Å². The molecule has 1 aromatic heterocycles. The zero-order valence-electron chi connectivity index (χ0n) is 11.3. The number of carbonyl (C=O) groups excluding carboxylic acids is 1. The van der Waals surface area contributed by atoms with Crippen LogP contribution in [0.25, 0.3) is 0 Å². The Hall–Kier alpha value is -1.62. The Morgan fingerprint density at radius 2 is 2.20 bits per heavy atom. The predicted molar refractivity (Wildman–Crippen MR) is 72.3 cm³/mol. The van der Waals surface area contributed by atoms with Crippen LogP contribution < -0.4 is 5.56 Å². The number of aromatic amines is 1. The first-order valence-corrected chi connectivity index (χ1v) is 7.18. The minimum absolute atomic E-state index is 0.0789. The summed E-state index contributed by atoms with van der Waals surface area (Å²) in [5.41, 5.74) is 0.615. The minimum Gasteiger partial charge on any atom is -0.459 e. The molecule has 2 atom stereocenters. The lowest BCUT2D eigenvalue weighted by Crippen LogP contribution is -2.27. The maximum absolute atomic E-state index is 11.9. The van der Waals surface area contributed by atoms with Gasteiger partial charge in [0.05, 0.1) is 19.6 Å². The van der Waals surface area contributed by atoms with Crippen molar-refractivity contribution in [3.63, 3.8) is 0 Å². The smallest absolute Gasteiger partial charge is 0.306 e. The van der Waals surface area contributed by atoms with Crippen molar-refractivity contribution in [1.29, 1.82) is 0 Å². The Morgan fingerprint density at radius 3 is 2.95 bits per heavy atom. The maximum Gasteiger partial charge on any atom is 0.306 e. The number of ether oxygens (including phenoxy) is 2. The third-order valence-electron chi connectivity index (χ3n) is 4.01. The molecule has 108 valence electrons. The molecule has 0 bridgehead atoms. The number of rotatable bonds is 5. The van der Waals surface area contributed by atoms with E-state index < -0.39 is 0 Å². The van der Waals surface area contributed by atoms with E-state index in [-0.39, 0.29) is 24.1 Å². The van der Waals surface area contributed by atoms with Crippen molar-refractivity contribution < 1.29 is 14.3 Å². The van der Waals surface area contributed by atoms with Crippen molar-refractivity contribution in [3.8, 4) is 0 Å². The van der Waals surface area contributed by atoms with Crippen LogP contribution in [0.1, 0.15) is 25.0 Å². The van der Waals surface area contributed by atoms with Gasteiger partial charge in [0, 0.05) is 17.7 Å². The number of carbonyl (C=O) groups is 1. The van der Waals surface area contributed by atoms with Crippen LogP contribution in [0.4, 0.5) is 0 Å². The van der Waals surface area contributed by atoms with Crippen LogP contribution in [-0.4, -0.2) is 30.3 Å². The molecule has 1 saturated heterocycles. The summed E-state index contributed by atoms with van der Waals surface area (Å²) in [6.45, 7) is 1.24. The van der Waals surface area contributed by atoms with E-state index >= 15 is 0 Å². The van der Waals surface area contributed by atoms with Crippen molar-refractivity contribution in [3.05, 3.63) is 34.2 Å². The van der Waals surface area contributed by atoms with Crippen LogP contribution in [0.15, 0.2) is 23.0 Å². The van der Waals surface area contributed by atoms with E-state index in [1.54, 1.807) is 12.1 Å². The van der Waals surface area contributed by atoms with Gasteiger partial charge in [-0.25, -0.2) is 0 Å². The van der Waals surface area contributed by atoms with E-state index in [9.17, 15) is 9.59 Å². The van der Waals surface area contributed by atoms with Gasteiger partial charge in [-0.1, -0.05) is 6.07 Å². The third-order valence-corrected chi connectivity index (χ3v) is 4.01. The molecule has 5 heteroatoms. The fourth-order valence-corrected chi connectivity index (χ4v) is 2.74. The van der Waals surface area contributed by atoms with Crippen LogP contribution in [0, 0.1) is 11.8 Å². The summed E-state index contributed by atoms with van der Waals surface area (Å²) in [4.78, 5) is 25.7. The number of H-pyrrole nitrogens is 1. The SMILES string of the molecule is O=C(CCc1cccc(=O)[nH]1)O[C@@H]1COC[C@H]1C1CC1. The predicted octanol–water partition coefficient (Wildman–Crippen LogP) is 1.28. The second-order valence-corrected chi connectivity index (χ2v) is 5.61. The summed E-state index contributed by atoms with van der Waals surface area (Å²) in [5, 5.41) is 0. The van der Waals surface area contributed by atoms with Gasteiger partial charge >= 0.3 is 5.97 Å². The first kappa shape index (κ1) is 13.4. The van der Waals surface area contributed by atoms with Gasteiger partial charge in [0.1, 0.15) is 6.10 Å². The van der Waals surface area contributed by atoms with E-state index in [1.165, 1.54) is 18.9 Å². The number of nitrogens with one attached hydrogen (secondary N) is 1. The first-order chi connectivity index (χ1) is 9.72. The van der Waals surface area contributed by atoms with Crippen molar-refractivity contribution in [1.82, 2.24) is 4.98 Å². The molecule has 0 aromatic carbocycles. The molecule has 1 aliphatic carbocycles. The van der Waals surface area contributed by atoms with Crippen LogP contribution in [0.2, 0.25) is 0 Å². The van der Waals surface area contributed by atoms with Gasteiger partial charge in [-0.05, 0) is 31.2 Å². The van der Waals surface area contributed by atoms with Gasteiger partial charge in [-0.2, -0.15) is 0 Å². The van der Waals surface area contributed by atoms with Crippen LogP contribution in [0.5, 0.6) is 0 Å². The summed E-state index contributed by atoms with van der Waals surface area (Å²) in [5.74, 6) is 0.854. The second-order valence-electron chi connectivity index (χ2n) is 5.61. The molecule has 5 nitrogen and oxygen atoms in total. The normalized spacial score (nSPS) is 25.6. The zero-order valence-corrected chi connectivity index (χ0v) is 11.3. The number of aromatic nitrogens is 1. The third kappa shape index (κ3) is 3.28. The summed E-state index contributed by atoms with van der Waals surface area (Å²) in [6.07, 6.45) is 3.16. The molecule has 0 spiro atoms. The molecule has 1 aliphatic heterocycles. The average Bonchev–Trinajstić information content (AvgIpc) is 3.17. The Morgan fingerprint density at radius 1 is 1.35 bits per heavy atom. The molecule has 1 saturated carbocycles. The molecule has 2 fully saturated rings. The van der Waals surface area contributed by atoms with Gasteiger partial charge in [-0.3, -0.25) is 9.59 Å². The lowest BCUT2D eigenvalue weighted by molar-refractivity contribution is -0.150. The van der Waals surface area contributed by atoms with Gasteiger partial charge in [0.25, 0.3) is 0 Å². The van der Waals surface area contributed by atoms with Crippen molar-refractivity contribution >= 4 is 5.97 Å². The Balaban J connectivity index is 1.48. The fraction of sp³-hybridized carbons (Fsp3) is 0.600. The van der Waals surface area contributed by atoms with E-state index in [4.69, 9.17) is 9.47 Å². The number of pyridine rings is 1. The molecule has 1 aromatic rings.